The molecule has 0 spiro atoms. The van der Waals surface area contributed by atoms with Gasteiger partial charge in [0, 0.05) is 12.6 Å². The van der Waals surface area contributed by atoms with Gasteiger partial charge in [-0.2, -0.15) is 0 Å². The van der Waals surface area contributed by atoms with Crippen molar-refractivity contribution in [1.82, 2.24) is 9.97 Å². The molecule has 0 aliphatic rings. The van der Waals surface area contributed by atoms with Gasteiger partial charge in [0.2, 0.25) is 0 Å². The van der Waals surface area contributed by atoms with E-state index in [0.717, 1.165) is 12.1 Å². The Morgan fingerprint density at radius 3 is 2.62 bits per heavy atom. The molecule has 1 aromatic carbocycles. The van der Waals surface area contributed by atoms with Crippen molar-refractivity contribution in [3.8, 4) is 11.3 Å². The first kappa shape index (κ1) is 10.5. The quantitative estimate of drug-likeness (QED) is 0.846. The molecule has 1 heterocycles. The van der Waals surface area contributed by atoms with Crippen LogP contribution in [0.15, 0.2) is 30.6 Å². The Labute approximate surface area is 91.2 Å². The van der Waals surface area contributed by atoms with E-state index in [4.69, 9.17) is 0 Å². The van der Waals surface area contributed by atoms with Crippen LogP contribution in [-0.2, 0) is 0 Å². The summed E-state index contributed by atoms with van der Waals surface area (Å²) in [5.74, 6) is -1.20. The summed E-state index contributed by atoms with van der Waals surface area (Å²) < 4.78 is 25.7. The predicted molar refractivity (Wildman–Crippen MR) is 56.9 cm³/mol. The van der Waals surface area contributed by atoms with E-state index in [1.807, 2.05) is 0 Å². The summed E-state index contributed by atoms with van der Waals surface area (Å²) in [6.45, 7) is 0. The highest BCUT2D eigenvalue weighted by Crippen LogP contribution is 2.19. The van der Waals surface area contributed by atoms with Gasteiger partial charge in [-0.05, 0) is 18.2 Å². The van der Waals surface area contributed by atoms with Crippen molar-refractivity contribution in [2.24, 2.45) is 0 Å². The molecule has 16 heavy (non-hydrogen) atoms. The van der Waals surface area contributed by atoms with Crippen LogP contribution < -0.4 is 5.32 Å². The molecule has 1 N–H and O–H groups in total. The lowest BCUT2D eigenvalue weighted by atomic mass is 10.1. The summed E-state index contributed by atoms with van der Waals surface area (Å²) in [5.41, 5.74) is 0.981. The minimum atomic E-state index is -0.894. The second-order valence-corrected chi connectivity index (χ2v) is 3.17. The highest BCUT2D eigenvalue weighted by atomic mass is 19.2. The molecule has 2 rings (SSSR count). The van der Waals surface area contributed by atoms with Crippen LogP contribution in [0.1, 0.15) is 0 Å². The molecule has 0 saturated carbocycles. The van der Waals surface area contributed by atoms with E-state index in [0.29, 0.717) is 17.1 Å². The van der Waals surface area contributed by atoms with Gasteiger partial charge in [-0.25, -0.2) is 13.8 Å². The molecule has 0 bridgehead atoms. The van der Waals surface area contributed by atoms with Gasteiger partial charge in [-0.1, -0.05) is 0 Å². The molecule has 3 nitrogen and oxygen atoms in total. The molecule has 0 saturated heterocycles. The molecule has 0 radical (unpaired) electrons. The monoisotopic (exact) mass is 221 g/mol. The largest absolute Gasteiger partial charge is 0.372 e. The Hall–Kier alpha value is -2.04. The average Bonchev–Trinajstić information content (AvgIpc) is 2.33. The number of aromatic nitrogens is 2. The first-order valence-corrected chi connectivity index (χ1v) is 4.66. The normalized spacial score (nSPS) is 10.2. The molecule has 2 aromatic rings. The van der Waals surface area contributed by atoms with Crippen LogP contribution in [0.2, 0.25) is 0 Å². The maximum absolute atomic E-state index is 13.0. The van der Waals surface area contributed by atoms with Crippen LogP contribution in [0.4, 0.5) is 14.6 Å². The van der Waals surface area contributed by atoms with E-state index in [1.54, 1.807) is 13.2 Å². The predicted octanol–water partition coefficient (Wildman–Crippen LogP) is 2.46. The highest BCUT2D eigenvalue weighted by molar-refractivity contribution is 5.59. The number of hydrogen-bond donors (Lipinski definition) is 1. The lowest BCUT2D eigenvalue weighted by Gasteiger charge is -2.03. The SMILES string of the molecule is CNc1cncc(-c2ccc(F)c(F)c2)n1. The van der Waals surface area contributed by atoms with Crippen LogP contribution >= 0.6 is 0 Å². The van der Waals surface area contributed by atoms with Gasteiger partial charge in [0.05, 0.1) is 18.1 Å². The summed E-state index contributed by atoms with van der Waals surface area (Å²) in [6.07, 6.45) is 3.04. The second kappa shape index (κ2) is 4.22. The van der Waals surface area contributed by atoms with Crippen molar-refractivity contribution in [2.45, 2.75) is 0 Å². The fourth-order valence-electron chi connectivity index (χ4n) is 1.28. The number of benzene rings is 1. The minimum Gasteiger partial charge on any atom is -0.372 e. The van der Waals surface area contributed by atoms with Gasteiger partial charge >= 0.3 is 0 Å². The van der Waals surface area contributed by atoms with E-state index in [1.165, 1.54) is 12.3 Å². The summed E-state index contributed by atoms with van der Waals surface area (Å²) in [6, 6.07) is 3.62. The Morgan fingerprint density at radius 1 is 1.12 bits per heavy atom. The molecule has 82 valence electrons. The van der Waals surface area contributed by atoms with Gasteiger partial charge in [-0.3, -0.25) is 4.98 Å². The number of halogens is 2. The highest BCUT2D eigenvalue weighted by Gasteiger charge is 2.06. The van der Waals surface area contributed by atoms with Crippen molar-refractivity contribution >= 4 is 5.82 Å². The number of anilines is 1. The number of nitrogens with zero attached hydrogens (tertiary/aromatic N) is 2. The lowest BCUT2D eigenvalue weighted by Crippen LogP contribution is -1.95. The van der Waals surface area contributed by atoms with Gasteiger partial charge in [0.1, 0.15) is 5.82 Å². The van der Waals surface area contributed by atoms with Crippen LogP contribution in [-0.4, -0.2) is 17.0 Å². The summed E-state index contributed by atoms with van der Waals surface area (Å²) in [7, 11) is 1.71. The molecule has 0 amide bonds. The maximum Gasteiger partial charge on any atom is 0.159 e. The number of rotatable bonds is 2. The van der Waals surface area contributed by atoms with Gasteiger partial charge < -0.3 is 5.32 Å². The fourth-order valence-corrected chi connectivity index (χ4v) is 1.28. The standard InChI is InChI=1S/C11H9F2N3/c1-14-11-6-15-5-10(16-11)7-2-3-8(12)9(13)4-7/h2-6H,1H3,(H,14,16). The fraction of sp³-hybridized carbons (Fsp3) is 0.0909. The smallest absolute Gasteiger partial charge is 0.159 e. The summed E-state index contributed by atoms with van der Waals surface area (Å²) in [5, 5.41) is 2.82. The zero-order valence-electron chi connectivity index (χ0n) is 8.54. The Bertz CT molecular complexity index is 514. The Kier molecular flexibility index (Phi) is 2.76. The maximum atomic E-state index is 13.0. The van der Waals surface area contributed by atoms with Gasteiger partial charge in [0.15, 0.2) is 11.6 Å². The molecular formula is C11H9F2N3. The lowest BCUT2D eigenvalue weighted by molar-refractivity contribution is 0.509. The Morgan fingerprint density at radius 2 is 1.94 bits per heavy atom. The first-order valence-electron chi connectivity index (χ1n) is 4.66. The van der Waals surface area contributed by atoms with E-state index in [9.17, 15) is 8.78 Å². The third kappa shape index (κ3) is 1.98. The molecule has 0 aliphatic carbocycles. The molecular weight excluding hydrogens is 212 g/mol. The average molecular weight is 221 g/mol. The van der Waals surface area contributed by atoms with E-state index >= 15 is 0 Å². The van der Waals surface area contributed by atoms with Gasteiger partial charge in [-0.15, -0.1) is 0 Å². The van der Waals surface area contributed by atoms with Crippen molar-refractivity contribution in [1.29, 1.82) is 0 Å². The van der Waals surface area contributed by atoms with E-state index in [2.05, 4.69) is 15.3 Å². The topological polar surface area (TPSA) is 37.8 Å². The summed E-state index contributed by atoms with van der Waals surface area (Å²) in [4.78, 5) is 8.11. The zero-order chi connectivity index (χ0) is 11.5. The van der Waals surface area contributed by atoms with Crippen LogP contribution in [0.25, 0.3) is 11.3 Å². The van der Waals surface area contributed by atoms with Crippen molar-refractivity contribution in [2.75, 3.05) is 12.4 Å². The van der Waals surface area contributed by atoms with Gasteiger partial charge in [0.25, 0.3) is 0 Å². The Balaban J connectivity index is 2.46. The number of hydrogen-bond acceptors (Lipinski definition) is 3. The number of nitrogens with one attached hydrogen (secondary N) is 1. The molecule has 0 fully saturated rings. The molecule has 0 aliphatic heterocycles. The van der Waals surface area contributed by atoms with Crippen molar-refractivity contribution < 1.29 is 8.78 Å². The third-order valence-corrected chi connectivity index (χ3v) is 2.11. The molecule has 0 unspecified atom stereocenters. The molecule has 5 heteroatoms. The molecule has 1 aromatic heterocycles. The second-order valence-electron chi connectivity index (χ2n) is 3.17. The minimum absolute atomic E-state index is 0.489. The first-order chi connectivity index (χ1) is 7.70. The summed E-state index contributed by atoms with van der Waals surface area (Å²) >= 11 is 0. The van der Waals surface area contributed by atoms with Crippen molar-refractivity contribution in [3.05, 3.63) is 42.2 Å². The van der Waals surface area contributed by atoms with Crippen LogP contribution in [0.3, 0.4) is 0 Å². The van der Waals surface area contributed by atoms with Crippen molar-refractivity contribution in [3.63, 3.8) is 0 Å². The van der Waals surface area contributed by atoms with E-state index < -0.39 is 11.6 Å². The van der Waals surface area contributed by atoms with Crippen LogP contribution in [0, 0.1) is 11.6 Å². The zero-order valence-corrected chi connectivity index (χ0v) is 8.54. The third-order valence-electron chi connectivity index (χ3n) is 2.11. The molecule has 0 atom stereocenters. The van der Waals surface area contributed by atoms with E-state index in [-0.39, 0.29) is 0 Å². The van der Waals surface area contributed by atoms with Crippen LogP contribution in [0.5, 0.6) is 0 Å².